The molecule has 146 valence electrons. The van der Waals surface area contributed by atoms with Crippen LogP contribution in [0.4, 0.5) is 5.69 Å². The quantitative estimate of drug-likeness (QED) is 0.586. The normalized spacial score (nSPS) is 15.1. The van der Waals surface area contributed by atoms with Crippen molar-refractivity contribution in [3.05, 3.63) is 23.8 Å². The van der Waals surface area contributed by atoms with Crippen LogP contribution in [0.25, 0.3) is 0 Å². The molecule has 0 bridgehead atoms. The van der Waals surface area contributed by atoms with Crippen molar-refractivity contribution in [2.24, 2.45) is 0 Å². The summed E-state index contributed by atoms with van der Waals surface area (Å²) in [5.74, 6) is 1.31. The second-order valence-corrected chi connectivity index (χ2v) is 7.13. The first-order valence-electron chi connectivity index (χ1n) is 10.1. The highest BCUT2D eigenvalue weighted by atomic mass is 16.5. The van der Waals surface area contributed by atoms with Crippen LogP contribution in [0.5, 0.6) is 5.75 Å². The molecule has 0 spiro atoms. The summed E-state index contributed by atoms with van der Waals surface area (Å²) in [5.41, 5.74) is 2.28. The monoisotopic (exact) mass is 361 g/mol. The fourth-order valence-corrected chi connectivity index (χ4v) is 3.42. The minimum Gasteiger partial charge on any atom is -0.471 e. The summed E-state index contributed by atoms with van der Waals surface area (Å²) in [4.78, 5) is 14.8. The van der Waals surface area contributed by atoms with Gasteiger partial charge in [0.25, 0.3) is 0 Å². The zero-order chi connectivity index (χ0) is 18.9. The van der Waals surface area contributed by atoms with E-state index in [4.69, 9.17) is 4.74 Å². The second-order valence-electron chi connectivity index (χ2n) is 7.13. The van der Waals surface area contributed by atoms with Gasteiger partial charge >= 0.3 is 0 Å². The Kier molecular flexibility index (Phi) is 8.23. The van der Waals surface area contributed by atoms with Gasteiger partial charge in [0, 0.05) is 24.9 Å². The molecule has 5 nitrogen and oxygen atoms in total. The number of rotatable bonds is 11. The molecule has 26 heavy (non-hydrogen) atoms. The molecule has 2 atom stereocenters. The molecule has 1 heterocycles. The minimum atomic E-state index is 0.101. The van der Waals surface area contributed by atoms with Crippen molar-refractivity contribution in [1.82, 2.24) is 10.2 Å². The lowest BCUT2D eigenvalue weighted by Crippen LogP contribution is -2.46. The van der Waals surface area contributed by atoms with Gasteiger partial charge in [0.15, 0.2) is 6.73 Å². The summed E-state index contributed by atoms with van der Waals surface area (Å²) in [6.45, 7) is 12.1. The number of nitrogens with zero attached hydrogens (tertiary/aromatic N) is 1. The number of hydrogen-bond donors (Lipinski definition) is 2. The van der Waals surface area contributed by atoms with Crippen LogP contribution in [-0.2, 0) is 4.79 Å². The largest absolute Gasteiger partial charge is 0.471 e. The topological polar surface area (TPSA) is 53.6 Å². The van der Waals surface area contributed by atoms with Gasteiger partial charge in [0.1, 0.15) is 5.75 Å². The summed E-state index contributed by atoms with van der Waals surface area (Å²) in [7, 11) is 0. The first kappa shape index (κ1) is 20.6. The Morgan fingerprint density at radius 2 is 2.04 bits per heavy atom. The molecule has 0 aliphatic carbocycles. The molecular formula is C21H35N3O2. The van der Waals surface area contributed by atoms with Crippen LogP contribution in [0, 0.1) is 0 Å². The Bertz CT molecular complexity index is 572. The smallest absolute Gasteiger partial charge is 0.220 e. The number of carbonyl (C=O) groups excluding carboxylic acids is 1. The number of ether oxygens (including phenoxy) is 1. The predicted octanol–water partition coefficient (Wildman–Crippen LogP) is 3.96. The van der Waals surface area contributed by atoms with Gasteiger partial charge in [-0.1, -0.05) is 46.6 Å². The van der Waals surface area contributed by atoms with E-state index in [0.29, 0.717) is 13.2 Å². The third-order valence-electron chi connectivity index (χ3n) is 5.33. The standard InChI is InChI=1S/C21H35N3O2/c1-5-8-9-10-21(25)23-19(14-24(6-2)7-3)16(4)17-11-12-20-18(13-17)22-15-26-20/h11-13,16,19,22H,5-10,14-15H2,1-4H3,(H,23,25). The molecule has 0 fully saturated rings. The number of likely N-dealkylation sites (N-methyl/N-ethyl adjacent to an activating group) is 1. The van der Waals surface area contributed by atoms with Crippen molar-refractivity contribution >= 4 is 11.6 Å². The van der Waals surface area contributed by atoms with Crippen molar-refractivity contribution in [1.29, 1.82) is 0 Å². The van der Waals surface area contributed by atoms with E-state index < -0.39 is 0 Å². The van der Waals surface area contributed by atoms with Crippen LogP contribution in [-0.4, -0.2) is 43.2 Å². The zero-order valence-electron chi connectivity index (χ0n) is 16.8. The van der Waals surface area contributed by atoms with Crippen LogP contribution in [0.3, 0.4) is 0 Å². The number of hydrogen-bond acceptors (Lipinski definition) is 4. The Morgan fingerprint density at radius 3 is 2.73 bits per heavy atom. The van der Waals surface area contributed by atoms with E-state index in [1.165, 1.54) is 5.56 Å². The Balaban J connectivity index is 2.09. The van der Waals surface area contributed by atoms with E-state index in [0.717, 1.165) is 50.3 Å². The molecule has 5 heteroatoms. The van der Waals surface area contributed by atoms with E-state index in [1.807, 2.05) is 6.07 Å². The molecule has 1 amide bonds. The number of unbranched alkanes of at least 4 members (excludes halogenated alkanes) is 2. The van der Waals surface area contributed by atoms with E-state index in [2.05, 4.69) is 55.4 Å². The second kappa shape index (κ2) is 10.4. The highest BCUT2D eigenvalue weighted by molar-refractivity contribution is 5.76. The molecule has 2 unspecified atom stereocenters. The van der Waals surface area contributed by atoms with Gasteiger partial charge in [0.2, 0.25) is 5.91 Å². The lowest BCUT2D eigenvalue weighted by molar-refractivity contribution is -0.122. The molecule has 0 saturated carbocycles. The maximum Gasteiger partial charge on any atom is 0.220 e. The average molecular weight is 362 g/mol. The SMILES string of the molecule is CCCCCC(=O)NC(CN(CC)CC)C(C)c1ccc2c(c1)NCO2. The summed E-state index contributed by atoms with van der Waals surface area (Å²) in [6, 6.07) is 6.41. The fourth-order valence-electron chi connectivity index (χ4n) is 3.42. The summed E-state index contributed by atoms with van der Waals surface area (Å²) >= 11 is 0. The van der Waals surface area contributed by atoms with Crippen molar-refractivity contribution < 1.29 is 9.53 Å². The van der Waals surface area contributed by atoms with Gasteiger partial charge in [0.05, 0.1) is 5.69 Å². The first-order valence-corrected chi connectivity index (χ1v) is 10.1. The van der Waals surface area contributed by atoms with Crippen molar-refractivity contribution in [2.45, 2.75) is 65.3 Å². The molecular weight excluding hydrogens is 326 g/mol. The number of amides is 1. The third kappa shape index (κ3) is 5.63. The molecule has 1 aliphatic rings. The molecule has 1 aromatic carbocycles. The average Bonchev–Trinajstić information content (AvgIpc) is 3.12. The number of fused-ring (bicyclic) bond motifs is 1. The maximum absolute atomic E-state index is 12.4. The van der Waals surface area contributed by atoms with Crippen molar-refractivity contribution in [3.63, 3.8) is 0 Å². The van der Waals surface area contributed by atoms with Gasteiger partial charge in [-0.3, -0.25) is 4.79 Å². The summed E-state index contributed by atoms with van der Waals surface area (Å²) in [5, 5.41) is 6.56. The Labute approximate surface area is 158 Å². The van der Waals surface area contributed by atoms with Crippen LogP contribution in [0.1, 0.15) is 64.9 Å². The summed E-state index contributed by atoms with van der Waals surface area (Å²) < 4.78 is 5.52. The Morgan fingerprint density at radius 1 is 1.27 bits per heavy atom. The molecule has 0 saturated heterocycles. The van der Waals surface area contributed by atoms with E-state index in [-0.39, 0.29) is 17.9 Å². The van der Waals surface area contributed by atoms with Gasteiger partial charge in [-0.15, -0.1) is 0 Å². The van der Waals surface area contributed by atoms with Crippen LogP contribution < -0.4 is 15.4 Å². The van der Waals surface area contributed by atoms with E-state index in [1.54, 1.807) is 0 Å². The molecule has 2 rings (SSSR count). The van der Waals surface area contributed by atoms with Crippen LogP contribution in [0.15, 0.2) is 18.2 Å². The van der Waals surface area contributed by atoms with Crippen LogP contribution >= 0.6 is 0 Å². The zero-order valence-corrected chi connectivity index (χ0v) is 16.8. The molecule has 1 aliphatic heterocycles. The maximum atomic E-state index is 12.4. The van der Waals surface area contributed by atoms with Crippen LogP contribution in [0.2, 0.25) is 0 Å². The van der Waals surface area contributed by atoms with Crippen molar-refractivity contribution in [3.8, 4) is 5.75 Å². The molecule has 2 N–H and O–H groups in total. The number of anilines is 1. The highest BCUT2D eigenvalue weighted by Crippen LogP contribution is 2.33. The molecule has 1 aromatic rings. The van der Waals surface area contributed by atoms with Gasteiger partial charge in [-0.25, -0.2) is 0 Å². The predicted molar refractivity (Wildman–Crippen MR) is 108 cm³/mol. The third-order valence-corrected chi connectivity index (χ3v) is 5.33. The first-order chi connectivity index (χ1) is 12.6. The fraction of sp³-hybridized carbons (Fsp3) is 0.667. The van der Waals surface area contributed by atoms with Gasteiger partial charge in [-0.05, 0) is 37.2 Å². The number of benzene rings is 1. The lowest BCUT2D eigenvalue weighted by atomic mass is 9.92. The minimum absolute atomic E-state index is 0.101. The van der Waals surface area contributed by atoms with E-state index >= 15 is 0 Å². The molecule has 0 aromatic heterocycles. The van der Waals surface area contributed by atoms with Gasteiger partial charge < -0.3 is 20.3 Å². The highest BCUT2D eigenvalue weighted by Gasteiger charge is 2.24. The Hall–Kier alpha value is -1.75. The number of nitrogens with one attached hydrogen (secondary N) is 2. The lowest BCUT2D eigenvalue weighted by Gasteiger charge is -2.31. The van der Waals surface area contributed by atoms with Gasteiger partial charge in [-0.2, -0.15) is 0 Å². The van der Waals surface area contributed by atoms with E-state index in [9.17, 15) is 4.79 Å². The number of carbonyl (C=O) groups is 1. The van der Waals surface area contributed by atoms with Crippen molar-refractivity contribution in [2.75, 3.05) is 31.7 Å². The summed E-state index contributed by atoms with van der Waals surface area (Å²) in [6.07, 6.45) is 3.83. The molecule has 0 radical (unpaired) electrons.